The van der Waals surface area contributed by atoms with Crippen molar-refractivity contribution >= 4 is 27.0 Å². The highest BCUT2D eigenvalue weighted by Gasteiger charge is 2.27. The van der Waals surface area contributed by atoms with E-state index in [-0.39, 0.29) is 15.4 Å². The predicted octanol–water partition coefficient (Wildman–Crippen LogP) is 3.75. The van der Waals surface area contributed by atoms with Gasteiger partial charge in [0.25, 0.3) is 5.69 Å². The molecule has 3 aromatic rings. The van der Waals surface area contributed by atoms with Crippen LogP contribution in [0.15, 0.2) is 51.2 Å². The van der Waals surface area contributed by atoms with Crippen LogP contribution >= 0.6 is 11.3 Å². The molecule has 130 valence electrons. The molecule has 0 bridgehead atoms. The Hall–Kier alpha value is -2.52. The Morgan fingerprint density at radius 1 is 1.20 bits per heavy atom. The Kier molecular flexibility index (Phi) is 4.44. The zero-order valence-corrected chi connectivity index (χ0v) is 15.5. The minimum atomic E-state index is -4.11. The second-order valence-electron chi connectivity index (χ2n) is 5.53. The summed E-state index contributed by atoms with van der Waals surface area (Å²) in [5.41, 5.74) is 1.98. The standard InChI is InChI=1S/C16H16N4O3S2/c1-11-6-8-13(9-7-11)25(22,23)18-20(21)16-12(2)19(3)17-15(16)14-5-4-10-24-14/h4-10H,1-3H3. The van der Waals surface area contributed by atoms with Gasteiger partial charge >= 0.3 is 10.0 Å². The molecule has 2 aromatic heterocycles. The van der Waals surface area contributed by atoms with Crippen LogP contribution in [0.3, 0.4) is 0 Å². The van der Waals surface area contributed by atoms with Gasteiger partial charge in [0.15, 0.2) is 5.69 Å². The van der Waals surface area contributed by atoms with E-state index in [0.717, 1.165) is 10.4 Å². The summed E-state index contributed by atoms with van der Waals surface area (Å²) in [6.07, 6.45) is 0. The zero-order chi connectivity index (χ0) is 18.2. The van der Waals surface area contributed by atoms with Gasteiger partial charge in [-0.05, 0) is 42.3 Å². The lowest BCUT2D eigenvalue weighted by Gasteiger charge is -2.02. The zero-order valence-electron chi connectivity index (χ0n) is 13.9. The van der Waals surface area contributed by atoms with Crippen molar-refractivity contribution in [2.75, 3.05) is 0 Å². The van der Waals surface area contributed by atoms with Crippen molar-refractivity contribution in [2.45, 2.75) is 18.7 Å². The second-order valence-corrected chi connectivity index (χ2v) is 8.06. The summed E-state index contributed by atoms with van der Waals surface area (Å²) in [5, 5.41) is 18.8. The summed E-state index contributed by atoms with van der Waals surface area (Å²) in [6, 6.07) is 9.83. The number of aromatic nitrogens is 2. The van der Waals surface area contributed by atoms with Gasteiger partial charge in [-0.25, -0.2) is 0 Å². The summed E-state index contributed by atoms with van der Waals surface area (Å²) < 4.78 is 29.8. The molecule has 0 N–H and O–H groups in total. The van der Waals surface area contributed by atoms with Crippen LogP contribution in [0.2, 0.25) is 0 Å². The molecular formula is C16H16N4O3S2. The van der Waals surface area contributed by atoms with E-state index in [0.29, 0.717) is 11.4 Å². The van der Waals surface area contributed by atoms with Gasteiger partial charge in [0.05, 0.1) is 9.77 Å². The molecule has 0 fully saturated rings. The van der Waals surface area contributed by atoms with E-state index < -0.39 is 10.0 Å². The maximum absolute atomic E-state index is 12.6. The third kappa shape index (κ3) is 3.33. The first-order chi connectivity index (χ1) is 11.8. The molecule has 0 aliphatic heterocycles. The molecule has 0 aliphatic carbocycles. The smallest absolute Gasteiger partial charge is 0.337 e. The van der Waals surface area contributed by atoms with Gasteiger partial charge in [0.2, 0.25) is 0 Å². The SMILES string of the molecule is Cc1ccc(S(=O)(=O)N=[N+]([O-])c2c(-c3cccs3)nn(C)c2C)cc1. The van der Waals surface area contributed by atoms with E-state index in [1.165, 1.54) is 28.2 Å². The molecule has 0 unspecified atom stereocenters. The van der Waals surface area contributed by atoms with Gasteiger partial charge in [-0.1, -0.05) is 23.8 Å². The van der Waals surface area contributed by atoms with Crippen molar-refractivity contribution < 1.29 is 13.3 Å². The highest BCUT2D eigenvalue weighted by atomic mass is 32.2. The van der Waals surface area contributed by atoms with Crippen LogP contribution in [0.1, 0.15) is 11.3 Å². The van der Waals surface area contributed by atoms with Gasteiger partial charge < -0.3 is 5.21 Å². The topological polar surface area (TPSA) is 90.4 Å². The van der Waals surface area contributed by atoms with Gasteiger partial charge in [0.1, 0.15) is 10.2 Å². The molecule has 0 atom stereocenters. The molecule has 2 heterocycles. The van der Waals surface area contributed by atoms with Crippen LogP contribution < -0.4 is 0 Å². The fourth-order valence-corrected chi connectivity index (χ4v) is 3.86. The Labute approximate surface area is 149 Å². The number of rotatable bonds is 4. The number of nitrogens with zero attached hydrogens (tertiary/aromatic N) is 4. The number of thiophene rings is 1. The van der Waals surface area contributed by atoms with E-state index in [1.807, 2.05) is 24.4 Å². The predicted molar refractivity (Wildman–Crippen MR) is 95.3 cm³/mol. The molecule has 1 aromatic carbocycles. The fourth-order valence-electron chi connectivity index (χ4n) is 2.30. The first-order valence-corrected chi connectivity index (χ1v) is 9.71. The third-order valence-electron chi connectivity index (χ3n) is 3.75. The van der Waals surface area contributed by atoms with Crippen LogP contribution in [0.25, 0.3) is 10.6 Å². The second kappa shape index (κ2) is 6.41. The molecule has 9 heteroatoms. The molecule has 0 radical (unpaired) electrons. The molecule has 0 spiro atoms. The number of hydrogen-bond acceptors (Lipinski definition) is 5. The Morgan fingerprint density at radius 3 is 2.48 bits per heavy atom. The Morgan fingerprint density at radius 2 is 1.88 bits per heavy atom. The van der Waals surface area contributed by atoms with E-state index in [9.17, 15) is 13.6 Å². The Balaban J connectivity index is 2.11. The number of aryl methyl sites for hydroxylation is 2. The quantitative estimate of drug-likeness (QED) is 0.394. The van der Waals surface area contributed by atoms with Gasteiger partial charge in [-0.3, -0.25) is 4.68 Å². The highest BCUT2D eigenvalue weighted by molar-refractivity contribution is 7.89. The van der Waals surface area contributed by atoms with Gasteiger partial charge in [0, 0.05) is 7.05 Å². The average Bonchev–Trinajstić information content (AvgIpc) is 3.16. The van der Waals surface area contributed by atoms with Crippen LogP contribution in [0.5, 0.6) is 0 Å². The Bertz CT molecular complexity index is 1030. The molecule has 0 amide bonds. The van der Waals surface area contributed by atoms with Crippen LogP contribution in [0, 0.1) is 19.1 Å². The van der Waals surface area contributed by atoms with Crippen molar-refractivity contribution in [3.8, 4) is 10.6 Å². The summed E-state index contributed by atoms with van der Waals surface area (Å²) >= 11 is 1.41. The minimum absolute atomic E-state index is 0.0295. The van der Waals surface area contributed by atoms with Crippen molar-refractivity contribution in [1.29, 1.82) is 0 Å². The van der Waals surface area contributed by atoms with Gasteiger partial charge in [-0.15, -0.1) is 11.3 Å². The normalized spacial score (nSPS) is 12.5. The van der Waals surface area contributed by atoms with Crippen molar-refractivity contribution in [1.82, 2.24) is 9.78 Å². The summed E-state index contributed by atoms with van der Waals surface area (Å²) in [7, 11) is -2.42. The van der Waals surface area contributed by atoms with E-state index in [4.69, 9.17) is 0 Å². The lowest BCUT2D eigenvalue weighted by atomic mass is 10.2. The summed E-state index contributed by atoms with van der Waals surface area (Å²) in [4.78, 5) is 0.882. The number of benzene rings is 1. The van der Waals surface area contributed by atoms with Crippen LogP contribution in [0.4, 0.5) is 5.69 Å². The first kappa shape index (κ1) is 17.3. The van der Waals surface area contributed by atoms with Crippen molar-refractivity contribution in [3.05, 3.63) is 58.2 Å². The highest BCUT2D eigenvalue weighted by Crippen LogP contribution is 2.35. The average molecular weight is 376 g/mol. The summed E-state index contributed by atoms with van der Waals surface area (Å²) in [5.74, 6) is 0. The van der Waals surface area contributed by atoms with Crippen molar-refractivity contribution in [3.63, 3.8) is 0 Å². The number of hydrogen-bond donors (Lipinski definition) is 0. The maximum atomic E-state index is 12.6. The minimum Gasteiger partial charge on any atom is -0.593 e. The molecule has 0 aliphatic rings. The molecule has 25 heavy (non-hydrogen) atoms. The van der Waals surface area contributed by atoms with Crippen molar-refractivity contribution in [2.24, 2.45) is 11.6 Å². The van der Waals surface area contributed by atoms with E-state index >= 15 is 0 Å². The first-order valence-electron chi connectivity index (χ1n) is 7.39. The number of sulfonamides is 1. The maximum Gasteiger partial charge on any atom is 0.337 e. The largest absolute Gasteiger partial charge is 0.593 e. The molecular weight excluding hydrogens is 360 g/mol. The fraction of sp³-hybridized carbons (Fsp3) is 0.188. The molecule has 7 nitrogen and oxygen atoms in total. The molecule has 0 saturated heterocycles. The lowest BCUT2D eigenvalue weighted by molar-refractivity contribution is -0.430. The van der Waals surface area contributed by atoms with E-state index in [1.54, 1.807) is 26.1 Å². The molecule has 3 rings (SSSR count). The van der Waals surface area contributed by atoms with Gasteiger partial charge in [-0.2, -0.15) is 13.5 Å². The molecule has 0 saturated carbocycles. The van der Waals surface area contributed by atoms with Crippen LogP contribution in [-0.4, -0.2) is 23.1 Å². The van der Waals surface area contributed by atoms with E-state index in [2.05, 4.69) is 9.62 Å². The summed E-state index contributed by atoms with van der Waals surface area (Å²) in [6.45, 7) is 3.54. The lowest BCUT2D eigenvalue weighted by Crippen LogP contribution is -2.03. The third-order valence-corrected chi connectivity index (χ3v) is 5.86. The monoisotopic (exact) mass is 376 g/mol. The van der Waals surface area contributed by atoms with Crippen LogP contribution in [-0.2, 0) is 17.1 Å².